The summed E-state index contributed by atoms with van der Waals surface area (Å²) in [5, 5.41) is 8.57. The summed E-state index contributed by atoms with van der Waals surface area (Å²) in [5.41, 5.74) is 8.55. The molecule has 4 heteroatoms. The fourth-order valence-electron chi connectivity index (χ4n) is 1.22. The first-order chi connectivity index (χ1) is 7.50. The summed E-state index contributed by atoms with van der Waals surface area (Å²) in [6, 6.07) is 5.85. The van der Waals surface area contributed by atoms with Crippen LogP contribution in [0.1, 0.15) is 12.5 Å². The van der Waals surface area contributed by atoms with E-state index in [-0.39, 0.29) is 0 Å². The number of nitrogens with two attached hydrogens (primary N) is 1. The maximum atomic E-state index is 10.4. The van der Waals surface area contributed by atoms with Crippen molar-refractivity contribution >= 4 is 23.4 Å². The number of hydrogen-bond acceptors (Lipinski definition) is 3. The molecule has 1 aromatic carbocycles. The number of benzene rings is 1. The molecule has 0 bridgehead atoms. The van der Waals surface area contributed by atoms with Gasteiger partial charge in [0.05, 0.1) is 0 Å². The summed E-state index contributed by atoms with van der Waals surface area (Å²) in [5.74, 6) is -0.268. The molecule has 16 heavy (non-hydrogen) atoms. The number of anilines is 1. The molecule has 3 nitrogen and oxygen atoms in total. The summed E-state index contributed by atoms with van der Waals surface area (Å²) in [6.45, 7) is 3.76. The third kappa shape index (κ3) is 3.62. The Morgan fingerprint density at radius 2 is 2.25 bits per heavy atom. The largest absolute Gasteiger partial charge is 0.478 e. The van der Waals surface area contributed by atoms with Gasteiger partial charge in [-0.05, 0) is 25.5 Å². The molecule has 0 amide bonds. The standard InChI is InChI=1S/C12H15NO2S/c1-8(6-11(14)15)7-16-10-5-3-4-9(2)12(10)13/h3-6H,7,13H2,1-2H3,(H,14,15). The normalized spacial score (nSPS) is 11.5. The van der Waals surface area contributed by atoms with Crippen molar-refractivity contribution in [2.24, 2.45) is 0 Å². The van der Waals surface area contributed by atoms with Gasteiger partial charge in [-0.1, -0.05) is 17.7 Å². The van der Waals surface area contributed by atoms with Crippen LogP contribution in [0.25, 0.3) is 0 Å². The first-order valence-corrected chi connectivity index (χ1v) is 5.87. The smallest absolute Gasteiger partial charge is 0.328 e. The number of thioether (sulfide) groups is 1. The Morgan fingerprint density at radius 1 is 1.56 bits per heavy atom. The molecule has 1 rings (SSSR count). The van der Waals surface area contributed by atoms with Gasteiger partial charge in [0.2, 0.25) is 0 Å². The van der Waals surface area contributed by atoms with Crippen LogP contribution in [0.2, 0.25) is 0 Å². The quantitative estimate of drug-likeness (QED) is 0.480. The van der Waals surface area contributed by atoms with Crippen LogP contribution in [0.4, 0.5) is 5.69 Å². The Hall–Kier alpha value is -1.42. The predicted octanol–water partition coefficient (Wildman–Crippen LogP) is 2.70. The second-order valence-corrected chi connectivity index (χ2v) is 4.62. The zero-order chi connectivity index (χ0) is 12.1. The van der Waals surface area contributed by atoms with Crippen molar-refractivity contribution in [3.05, 3.63) is 35.4 Å². The molecule has 0 aliphatic carbocycles. The van der Waals surface area contributed by atoms with Gasteiger partial charge in [0.25, 0.3) is 0 Å². The molecule has 0 atom stereocenters. The lowest BCUT2D eigenvalue weighted by Gasteiger charge is -2.07. The lowest BCUT2D eigenvalue weighted by molar-refractivity contribution is -0.131. The van der Waals surface area contributed by atoms with Crippen LogP contribution in [-0.2, 0) is 4.79 Å². The molecule has 0 spiro atoms. The molecule has 1 aromatic rings. The van der Waals surface area contributed by atoms with E-state index in [0.29, 0.717) is 5.75 Å². The number of hydrogen-bond donors (Lipinski definition) is 2. The molecule has 86 valence electrons. The molecule has 0 aliphatic heterocycles. The number of carboxylic acid groups (broad SMARTS) is 1. The number of carbonyl (C=O) groups is 1. The average molecular weight is 237 g/mol. The predicted molar refractivity (Wildman–Crippen MR) is 67.7 cm³/mol. The number of carboxylic acids is 1. The SMILES string of the molecule is CC(=CC(=O)O)CSc1cccc(C)c1N. The van der Waals surface area contributed by atoms with E-state index in [0.717, 1.165) is 21.7 Å². The highest BCUT2D eigenvalue weighted by Gasteiger charge is 2.03. The van der Waals surface area contributed by atoms with Crippen molar-refractivity contribution in [3.63, 3.8) is 0 Å². The van der Waals surface area contributed by atoms with Gasteiger partial charge < -0.3 is 10.8 Å². The number of aliphatic carboxylic acids is 1. The minimum atomic E-state index is -0.907. The van der Waals surface area contributed by atoms with Crippen molar-refractivity contribution in [2.75, 3.05) is 11.5 Å². The van der Waals surface area contributed by atoms with Gasteiger partial charge in [0.1, 0.15) is 0 Å². The highest BCUT2D eigenvalue weighted by atomic mass is 32.2. The molecule has 0 radical (unpaired) electrons. The van der Waals surface area contributed by atoms with Gasteiger partial charge in [0.15, 0.2) is 0 Å². The van der Waals surface area contributed by atoms with Crippen molar-refractivity contribution in [1.82, 2.24) is 0 Å². The van der Waals surface area contributed by atoms with E-state index in [9.17, 15) is 4.79 Å². The average Bonchev–Trinajstić information content (AvgIpc) is 2.19. The van der Waals surface area contributed by atoms with Crippen LogP contribution >= 0.6 is 11.8 Å². The first-order valence-electron chi connectivity index (χ1n) is 4.88. The van der Waals surface area contributed by atoms with Gasteiger partial charge in [-0.25, -0.2) is 4.79 Å². The van der Waals surface area contributed by atoms with Crippen molar-refractivity contribution in [2.45, 2.75) is 18.7 Å². The molecule has 0 unspecified atom stereocenters. The molecular weight excluding hydrogens is 222 g/mol. The van der Waals surface area contributed by atoms with Crippen LogP contribution in [0.5, 0.6) is 0 Å². The Bertz CT molecular complexity index is 427. The molecule has 0 saturated heterocycles. The Kier molecular flexibility index (Phi) is 4.43. The minimum absolute atomic E-state index is 0.639. The second kappa shape index (κ2) is 5.61. The van der Waals surface area contributed by atoms with E-state index >= 15 is 0 Å². The van der Waals surface area contributed by atoms with E-state index in [1.165, 1.54) is 6.08 Å². The van der Waals surface area contributed by atoms with E-state index < -0.39 is 5.97 Å². The minimum Gasteiger partial charge on any atom is -0.478 e. The van der Waals surface area contributed by atoms with Crippen LogP contribution < -0.4 is 5.73 Å². The van der Waals surface area contributed by atoms with Crippen molar-refractivity contribution < 1.29 is 9.90 Å². The molecule has 3 N–H and O–H groups in total. The van der Waals surface area contributed by atoms with Gasteiger partial charge in [-0.2, -0.15) is 0 Å². The van der Waals surface area contributed by atoms with Crippen molar-refractivity contribution in [1.29, 1.82) is 0 Å². The number of nitrogen functional groups attached to an aromatic ring is 1. The van der Waals surface area contributed by atoms with Crippen LogP contribution in [-0.4, -0.2) is 16.8 Å². The number of para-hydroxylation sites is 1. The highest BCUT2D eigenvalue weighted by molar-refractivity contribution is 7.99. The van der Waals surface area contributed by atoms with E-state index in [2.05, 4.69) is 0 Å². The van der Waals surface area contributed by atoms with Gasteiger partial charge in [0, 0.05) is 22.4 Å². The van der Waals surface area contributed by atoms with E-state index in [1.54, 1.807) is 18.7 Å². The second-order valence-electron chi connectivity index (χ2n) is 3.60. The number of rotatable bonds is 4. The van der Waals surface area contributed by atoms with Crippen LogP contribution in [0.15, 0.2) is 34.7 Å². The molecule has 0 saturated carbocycles. The fourth-order valence-corrected chi connectivity index (χ4v) is 2.18. The van der Waals surface area contributed by atoms with Gasteiger partial charge >= 0.3 is 5.97 Å². The maximum Gasteiger partial charge on any atom is 0.328 e. The highest BCUT2D eigenvalue weighted by Crippen LogP contribution is 2.28. The van der Waals surface area contributed by atoms with E-state index in [4.69, 9.17) is 10.8 Å². The summed E-state index contributed by atoms with van der Waals surface area (Å²) >= 11 is 1.55. The molecule has 0 aromatic heterocycles. The Labute approximate surface area is 99.4 Å². The lowest BCUT2D eigenvalue weighted by atomic mass is 10.2. The zero-order valence-corrected chi connectivity index (χ0v) is 10.2. The molecule has 0 heterocycles. The third-order valence-corrected chi connectivity index (χ3v) is 3.38. The summed E-state index contributed by atoms with van der Waals surface area (Å²) in [6.07, 6.45) is 1.22. The fraction of sp³-hybridized carbons (Fsp3) is 0.250. The topological polar surface area (TPSA) is 63.3 Å². The number of aryl methyl sites for hydroxylation is 1. The van der Waals surface area contributed by atoms with Crippen LogP contribution in [0, 0.1) is 6.92 Å². The summed E-state index contributed by atoms with van der Waals surface area (Å²) in [4.78, 5) is 11.4. The molecule has 0 aliphatic rings. The molecule has 0 fully saturated rings. The Balaban J connectivity index is 2.68. The van der Waals surface area contributed by atoms with Gasteiger partial charge in [-0.3, -0.25) is 0 Å². The first kappa shape index (κ1) is 12.6. The lowest BCUT2D eigenvalue weighted by Crippen LogP contribution is -1.95. The monoisotopic (exact) mass is 237 g/mol. The Morgan fingerprint density at radius 3 is 2.88 bits per heavy atom. The van der Waals surface area contributed by atoms with Crippen LogP contribution in [0.3, 0.4) is 0 Å². The molecular formula is C12H15NO2S. The zero-order valence-electron chi connectivity index (χ0n) is 9.36. The van der Waals surface area contributed by atoms with E-state index in [1.807, 2.05) is 25.1 Å². The summed E-state index contributed by atoms with van der Waals surface area (Å²) < 4.78 is 0. The van der Waals surface area contributed by atoms with Gasteiger partial charge in [-0.15, -0.1) is 11.8 Å². The summed E-state index contributed by atoms with van der Waals surface area (Å²) in [7, 11) is 0. The van der Waals surface area contributed by atoms with Crippen molar-refractivity contribution in [3.8, 4) is 0 Å². The third-order valence-electron chi connectivity index (χ3n) is 2.11. The maximum absolute atomic E-state index is 10.4.